The number of rotatable bonds is 7. The maximum absolute atomic E-state index is 12.1. The van der Waals surface area contributed by atoms with Crippen LogP contribution < -0.4 is 4.74 Å². The summed E-state index contributed by atoms with van der Waals surface area (Å²) in [5.74, 6) is -0.229. The lowest BCUT2D eigenvalue weighted by Gasteiger charge is -2.43. The van der Waals surface area contributed by atoms with Crippen LogP contribution in [0.1, 0.15) is 12.0 Å². The summed E-state index contributed by atoms with van der Waals surface area (Å²) in [5, 5.41) is 21.1. The van der Waals surface area contributed by atoms with Crippen LogP contribution in [0.2, 0.25) is 5.02 Å². The van der Waals surface area contributed by atoms with E-state index in [2.05, 4.69) is 4.90 Å². The lowest BCUT2D eigenvalue weighted by atomic mass is 9.73. The summed E-state index contributed by atoms with van der Waals surface area (Å²) in [6.07, 6.45) is -0.137. The van der Waals surface area contributed by atoms with Crippen LogP contribution in [0, 0.1) is 5.41 Å². The normalized spacial score (nSPS) is 23.1. The van der Waals surface area contributed by atoms with Gasteiger partial charge in [0.05, 0.1) is 6.10 Å². The quantitative estimate of drug-likeness (QED) is 0.761. The van der Waals surface area contributed by atoms with Gasteiger partial charge in [0.2, 0.25) is 0 Å². The van der Waals surface area contributed by atoms with Crippen molar-refractivity contribution < 1.29 is 19.7 Å². The third-order valence-electron chi connectivity index (χ3n) is 5.14. The minimum atomic E-state index is -1.21. The molecule has 1 saturated heterocycles. The molecule has 2 aromatic rings. The molecule has 2 atom stereocenters. The number of carboxylic acids is 1. The molecular formula is C21H24ClNO4. The molecule has 144 valence electrons. The number of aliphatic hydroxyl groups excluding tert-OH is 1. The van der Waals surface area contributed by atoms with Gasteiger partial charge in [0, 0.05) is 24.7 Å². The molecule has 1 fully saturated rings. The maximum Gasteiger partial charge on any atom is 0.313 e. The van der Waals surface area contributed by atoms with Crippen LogP contribution in [-0.4, -0.2) is 53.4 Å². The number of carbonyl (C=O) groups is 1. The first-order valence-corrected chi connectivity index (χ1v) is 9.43. The molecule has 1 aliphatic rings. The van der Waals surface area contributed by atoms with E-state index in [1.165, 1.54) is 0 Å². The third kappa shape index (κ3) is 4.80. The van der Waals surface area contributed by atoms with Crippen molar-refractivity contribution in [3.8, 4) is 5.75 Å². The van der Waals surface area contributed by atoms with Gasteiger partial charge in [0.25, 0.3) is 0 Å². The number of nitrogens with zero attached hydrogens (tertiary/aromatic N) is 1. The van der Waals surface area contributed by atoms with Crippen LogP contribution >= 0.6 is 11.6 Å². The van der Waals surface area contributed by atoms with Gasteiger partial charge in [-0.2, -0.15) is 0 Å². The number of likely N-dealkylation sites (tertiary alicyclic amines) is 1. The van der Waals surface area contributed by atoms with Gasteiger partial charge in [-0.25, -0.2) is 0 Å². The topological polar surface area (TPSA) is 70.0 Å². The molecule has 5 nitrogen and oxygen atoms in total. The van der Waals surface area contributed by atoms with Gasteiger partial charge in [-0.15, -0.1) is 0 Å². The van der Waals surface area contributed by atoms with Crippen molar-refractivity contribution in [3.63, 3.8) is 0 Å². The molecule has 2 N–H and O–H groups in total. The SMILES string of the molecule is O=C(O)[C@]1(Cc2ccccc2)CN(CCOc2ccc(Cl)cc2)CC[C@@H]1O. The van der Waals surface area contributed by atoms with Gasteiger partial charge >= 0.3 is 5.97 Å². The number of aliphatic carboxylic acids is 1. The summed E-state index contributed by atoms with van der Waals surface area (Å²) >= 11 is 5.87. The molecule has 6 heteroatoms. The van der Waals surface area contributed by atoms with E-state index >= 15 is 0 Å². The van der Waals surface area contributed by atoms with Gasteiger partial charge in [-0.3, -0.25) is 9.69 Å². The monoisotopic (exact) mass is 389 g/mol. The van der Waals surface area contributed by atoms with Crippen molar-refractivity contribution in [2.45, 2.75) is 18.9 Å². The Bertz CT molecular complexity index is 753. The predicted molar refractivity (Wildman–Crippen MR) is 104 cm³/mol. The fourth-order valence-electron chi connectivity index (χ4n) is 3.60. The molecule has 0 amide bonds. The second kappa shape index (κ2) is 8.74. The van der Waals surface area contributed by atoms with Gasteiger partial charge in [-0.05, 0) is 42.7 Å². The van der Waals surface area contributed by atoms with Crippen molar-refractivity contribution in [2.24, 2.45) is 5.41 Å². The van der Waals surface area contributed by atoms with Gasteiger partial charge < -0.3 is 14.9 Å². The average Bonchev–Trinajstić information content (AvgIpc) is 2.66. The molecule has 1 heterocycles. The number of hydrogen-bond acceptors (Lipinski definition) is 4. The number of hydrogen-bond donors (Lipinski definition) is 2. The molecule has 3 rings (SSSR count). The highest BCUT2D eigenvalue weighted by atomic mass is 35.5. The van der Waals surface area contributed by atoms with Crippen LogP contribution in [0.5, 0.6) is 5.75 Å². The zero-order valence-corrected chi connectivity index (χ0v) is 15.8. The zero-order chi connectivity index (χ0) is 19.3. The molecular weight excluding hydrogens is 366 g/mol. The predicted octanol–water partition coefficient (Wildman–Crippen LogP) is 3.10. The zero-order valence-electron chi connectivity index (χ0n) is 15.1. The van der Waals surface area contributed by atoms with E-state index in [9.17, 15) is 15.0 Å². The van der Waals surface area contributed by atoms with E-state index in [0.717, 1.165) is 11.3 Å². The van der Waals surface area contributed by atoms with Gasteiger partial charge in [0.1, 0.15) is 17.8 Å². The Kier molecular flexibility index (Phi) is 6.37. The number of carboxylic acid groups (broad SMARTS) is 1. The summed E-state index contributed by atoms with van der Waals surface area (Å²) in [4.78, 5) is 14.2. The Hall–Kier alpha value is -2.08. The summed E-state index contributed by atoms with van der Waals surface area (Å²) < 4.78 is 5.73. The summed E-state index contributed by atoms with van der Waals surface area (Å²) in [6.45, 7) is 1.98. The highest BCUT2D eigenvalue weighted by molar-refractivity contribution is 6.30. The van der Waals surface area contributed by atoms with Gasteiger partial charge in [-0.1, -0.05) is 41.9 Å². The first-order valence-electron chi connectivity index (χ1n) is 9.06. The molecule has 0 radical (unpaired) electrons. The first kappa shape index (κ1) is 19.7. The van der Waals surface area contributed by atoms with Crippen molar-refractivity contribution in [1.29, 1.82) is 0 Å². The molecule has 0 aliphatic carbocycles. The standard InChI is InChI=1S/C21H24ClNO4/c22-17-6-8-18(9-7-17)27-13-12-23-11-10-19(24)21(15-23,20(25)26)14-16-4-2-1-3-5-16/h1-9,19,24H,10-15H2,(H,25,26)/t19-,21+/m0/s1. The number of halogens is 1. The lowest BCUT2D eigenvalue weighted by molar-refractivity contribution is -0.163. The Labute approximate surface area is 164 Å². The molecule has 0 unspecified atom stereocenters. The average molecular weight is 390 g/mol. The van der Waals surface area contributed by atoms with Crippen molar-refractivity contribution in [1.82, 2.24) is 4.90 Å². The minimum Gasteiger partial charge on any atom is -0.492 e. The molecule has 0 spiro atoms. The Balaban J connectivity index is 1.64. The fraction of sp³-hybridized carbons (Fsp3) is 0.381. The van der Waals surface area contributed by atoms with E-state index in [1.54, 1.807) is 24.3 Å². The molecule has 2 aromatic carbocycles. The first-order chi connectivity index (χ1) is 13.0. The Morgan fingerprint density at radius 2 is 1.89 bits per heavy atom. The van der Waals surface area contributed by atoms with Gasteiger partial charge in [0.15, 0.2) is 0 Å². The summed E-state index contributed by atoms with van der Waals surface area (Å²) in [7, 11) is 0. The molecule has 0 aromatic heterocycles. The van der Waals surface area contributed by atoms with Crippen LogP contribution in [0.15, 0.2) is 54.6 Å². The number of piperidine rings is 1. The minimum absolute atomic E-state index is 0.294. The van der Waals surface area contributed by atoms with Crippen LogP contribution in [0.25, 0.3) is 0 Å². The number of aliphatic hydroxyl groups is 1. The second-order valence-electron chi connectivity index (χ2n) is 7.01. The van der Waals surface area contributed by atoms with Crippen molar-refractivity contribution in [2.75, 3.05) is 26.2 Å². The van der Waals surface area contributed by atoms with Crippen molar-refractivity contribution >= 4 is 17.6 Å². The summed E-state index contributed by atoms with van der Waals surface area (Å²) in [5.41, 5.74) is -0.293. The Morgan fingerprint density at radius 3 is 2.56 bits per heavy atom. The third-order valence-corrected chi connectivity index (χ3v) is 5.39. The second-order valence-corrected chi connectivity index (χ2v) is 7.44. The van der Waals surface area contributed by atoms with Crippen molar-refractivity contribution in [3.05, 3.63) is 65.2 Å². The van der Waals surface area contributed by atoms with Crippen LogP contribution in [0.3, 0.4) is 0 Å². The highest BCUT2D eigenvalue weighted by Crippen LogP contribution is 2.34. The molecule has 1 aliphatic heterocycles. The van der Waals surface area contributed by atoms with Crippen LogP contribution in [-0.2, 0) is 11.2 Å². The van der Waals surface area contributed by atoms with E-state index in [1.807, 2.05) is 30.3 Å². The molecule has 0 bridgehead atoms. The Morgan fingerprint density at radius 1 is 1.19 bits per heavy atom. The molecule has 0 saturated carbocycles. The molecule has 27 heavy (non-hydrogen) atoms. The van der Waals surface area contributed by atoms with E-state index < -0.39 is 17.5 Å². The lowest BCUT2D eigenvalue weighted by Crippen LogP contribution is -2.57. The smallest absolute Gasteiger partial charge is 0.313 e. The number of benzene rings is 2. The maximum atomic E-state index is 12.1. The van der Waals surface area contributed by atoms with Crippen LogP contribution in [0.4, 0.5) is 0 Å². The number of ether oxygens (including phenoxy) is 1. The van der Waals surface area contributed by atoms with E-state index in [0.29, 0.717) is 44.1 Å². The fourth-order valence-corrected chi connectivity index (χ4v) is 3.72. The largest absolute Gasteiger partial charge is 0.492 e. The van der Waals surface area contributed by atoms with E-state index in [-0.39, 0.29) is 0 Å². The summed E-state index contributed by atoms with van der Waals surface area (Å²) in [6, 6.07) is 16.6. The highest BCUT2D eigenvalue weighted by Gasteiger charge is 2.49. The van der Waals surface area contributed by atoms with E-state index in [4.69, 9.17) is 16.3 Å².